The van der Waals surface area contributed by atoms with Gasteiger partial charge in [0.25, 0.3) is 5.91 Å². The molecule has 0 aromatic carbocycles. The van der Waals surface area contributed by atoms with Gasteiger partial charge < -0.3 is 10.0 Å². The van der Waals surface area contributed by atoms with E-state index in [-0.39, 0.29) is 12.5 Å². The van der Waals surface area contributed by atoms with Crippen molar-refractivity contribution in [2.24, 2.45) is 5.92 Å². The van der Waals surface area contributed by atoms with Crippen LogP contribution in [-0.2, 0) is 0 Å². The SMILES string of the molecule is CC(C)CN(C)C(=O)c1ccc(C#CCCO)s1. The highest BCUT2D eigenvalue weighted by molar-refractivity contribution is 7.14. The van der Waals surface area contributed by atoms with Crippen LogP contribution in [0.25, 0.3) is 0 Å². The van der Waals surface area contributed by atoms with Crippen molar-refractivity contribution in [3.8, 4) is 11.8 Å². The number of hydrogen-bond donors (Lipinski definition) is 1. The van der Waals surface area contributed by atoms with Gasteiger partial charge in [-0.25, -0.2) is 0 Å². The largest absolute Gasteiger partial charge is 0.395 e. The molecule has 0 radical (unpaired) electrons. The number of thiophene rings is 1. The summed E-state index contributed by atoms with van der Waals surface area (Å²) >= 11 is 1.40. The normalized spacial score (nSPS) is 10.1. The van der Waals surface area contributed by atoms with Crippen LogP contribution in [0.2, 0.25) is 0 Å². The summed E-state index contributed by atoms with van der Waals surface area (Å²) in [4.78, 5) is 15.4. The van der Waals surface area contributed by atoms with E-state index in [4.69, 9.17) is 5.11 Å². The second kappa shape index (κ2) is 7.20. The van der Waals surface area contributed by atoms with E-state index < -0.39 is 0 Å². The Morgan fingerprint density at radius 3 is 2.83 bits per heavy atom. The van der Waals surface area contributed by atoms with Crippen LogP contribution >= 0.6 is 11.3 Å². The Labute approximate surface area is 112 Å². The highest BCUT2D eigenvalue weighted by Crippen LogP contribution is 2.17. The Bertz CT molecular complexity index is 454. The molecule has 4 heteroatoms. The van der Waals surface area contributed by atoms with Crippen molar-refractivity contribution in [3.05, 3.63) is 21.9 Å². The van der Waals surface area contributed by atoms with Gasteiger partial charge in [0.05, 0.1) is 16.4 Å². The predicted molar refractivity (Wildman–Crippen MR) is 74.7 cm³/mol. The van der Waals surface area contributed by atoms with Crippen molar-refractivity contribution in [2.75, 3.05) is 20.2 Å². The molecule has 0 bridgehead atoms. The number of aliphatic hydroxyl groups excluding tert-OH is 1. The first-order chi connectivity index (χ1) is 8.54. The number of nitrogens with zero attached hydrogens (tertiary/aromatic N) is 1. The predicted octanol–water partition coefficient (Wildman–Crippen LogP) is 2.21. The summed E-state index contributed by atoms with van der Waals surface area (Å²) in [6.45, 7) is 5.00. The van der Waals surface area contributed by atoms with Crippen molar-refractivity contribution >= 4 is 17.2 Å². The van der Waals surface area contributed by atoms with Gasteiger partial charge in [-0.15, -0.1) is 11.3 Å². The summed E-state index contributed by atoms with van der Waals surface area (Å²) in [6.07, 6.45) is 0.467. The van der Waals surface area contributed by atoms with E-state index in [2.05, 4.69) is 25.7 Å². The summed E-state index contributed by atoms with van der Waals surface area (Å²) in [5.41, 5.74) is 0. The van der Waals surface area contributed by atoms with Crippen LogP contribution in [0.4, 0.5) is 0 Å². The molecule has 0 saturated heterocycles. The van der Waals surface area contributed by atoms with Crippen molar-refractivity contribution in [3.63, 3.8) is 0 Å². The van der Waals surface area contributed by atoms with E-state index in [0.29, 0.717) is 17.2 Å². The first-order valence-corrected chi connectivity index (χ1v) is 6.81. The van der Waals surface area contributed by atoms with Gasteiger partial charge in [-0.2, -0.15) is 0 Å². The Kier molecular flexibility index (Phi) is 5.90. The molecule has 0 atom stereocenters. The maximum atomic E-state index is 12.1. The van der Waals surface area contributed by atoms with Crippen molar-refractivity contribution in [1.82, 2.24) is 4.90 Å². The number of carbonyl (C=O) groups is 1. The van der Waals surface area contributed by atoms with Gasteiger partial charge >= 0.3 is 0 Å². The molecule has 0 aliphatic rings. The van der Waals surface area contributed by atoms with Crippen LogP contribution in [0.5, 0.6) is 0 Å². The zero-order valence-electron chi connectivity index (χ0n) is 11.1. The topological polar surface area (TPSA) is 40.5 Å². The molecule has 1 aromatic heterocycles. The summed E-state index contributed by atoms with van der Waals surface area (Å²) < 4.78 is 0. The van der Waals surface area contributed by atoms with Gasteiger partial charge in [0.1, 0.15) is 0 Å². The molecule has 1 amide bonds. The van der Waals surface area contributed by atoms with Crippen molar-refractivity contribution < 1.29 is 9.90 Å². The summed E-state index contributed by atoms with van der Waals surface area (Å²) in [5.74, 6) is 6.30. The third kappa shape index (κ3) is 4.52. The Hall–Kier alpha value is -1.31. The number of amides is 1. The average molecular weight is 265 g/mol. The molecular weight excluding hydrogens is 246 g/mol. The fraction of sp³-hybridized carbons (Fsp3) is 0.500. The zero-order valence-corrected chi connectivity index (χ0v) is 11.9. The lowest BCUT2D eigenvalue weighted by atomic mass is 10.2. The highest BCUT2D eigenvalue weighted by atomic mass is 32.1. The van der Waals surface area contributed by atoms with E-state index >= 15 is 0 Å². The van der Waals surface area contributed by atoms with Gasteiger partial charge in [-0.3, -0.25) is 4.79 Å². The number of hydrogen-bond acceptors (Lipinski definition) is 3. The molecule has 1 heterocycles. The number of aliphatic hydroxyl groups is 1. The molecule has 0 aliphatic carbocycles. The minimum atomic E-state index is 0.0453. The Morgan fingerprint density at radius 2 is 2.22 bits per heavy atom. The molecule has 18 heavy (non-hydrogen) atoms. The van der Waals surface area contributed by atoms with Crippen molar-refractivity contribution in [2.45, 2.75) is 20.3 Å². The van der Waals surface area contributed by atoms with E-state index in [0.717, 1.165) is 11.4 Å². The van der Waals surface area contributed by atoms with E-state index in [9.17, 15) is 4.79 Å². The Morgan fingerprint density at radius 1 is 1.50 bits per heavy atom. The molecule has 1 rings (SSSR count). The molecular formula is C14H19NO2S. The second-order valence-corrected chi connectivity index (χ2v) is 5.60. The minimum absolute atomic E-state index is 0.0453. The molecule has 0 saturated carbocycles. The molecule has 1 aromatic rings. The highest BCUT2D eigenvalue weighted by Gasteiger charge is 2.14. The van der Waals surface area contributed by atoms with Crippen LogP contribution in [0.15, 0.2) is 12.1 Å². The van der Waals surface area contributed by atoms with Gasteiger partial charge in [0.2, 0.25) is 0 Å². The molecule has 3 nitrogen and oxygen atoms in total. The molecule has 0 aliphatic heterocycles. The lowest BCUT2D eigenvalue weighted by Crippen LogP contribution is -2.29. The van der Waals surface area contributed by atoms with Gasteiger partial charge in [-0.1, -0.05) is 25.7 Å². The first kappa shape index (κ1) is 14.7. The van der Waals surface area contributed by atoms with Gasteiger partial charge in [-0.05, 0) is 18.1 Å². The van der Waals surface area contributed by atoms with Crippen LogP contribution in [0.1, 0.15) is 34.8 Å². The Balaban J connectivity index is 2.68. The van der Waals surface area contributed by atoms with E-state index in [1.807, 2.05) is 19.2 Å². The second-order valence-electron chi connectivity index (χ2n) is 4.52. The third-order valence-electron chi connectivity index (χ3n) is 2.25. The van der Waals surface area contributed by atoms with E-state index in [1.54, 1.807) is 4.90 Å². The standard InChI is InChI=1S/C14H19NO2S/c1-11(2)10-15(3)14(17)13-8-7-12(18-13)6-4-5-9-16/h7-8,11,16H,5,9-10H2,1-3H3. The zero-order chi connectivity index (χ0) is 13.5. The number of rotatable bonds is 4. The van der Waals surface area contributed by atoms with Crippen LogP contribution < -0.4 is 0 Å². The molecule has 0 fully saturated rings. The quantitative estimate of drug-likeness (QED) is 0.848. The lowest BCUT2D eigenvalue weighted by molar-refractivity contribution is 0.0784. The third-order valence-corrected chi connectivity index (χ3v) is 3.24. The lowest BCUT2D eigenvalue weighted by Gasteiger charge is -2.18. The fourth-order valence-electron chi connectivity index (χ4n) is 1.54. The van der Waals surface area contributed by atoms with E-state index in [1.165, 1.54) is 11.3 Å². The maximum Gasteiger partial charge on any atom is 0.263 e. The first-order valence-electron chi connectivity index (χ1n) is 5.99. The van der Waals surface area contributed by atoms with Crippen LogP contribution in [-0.4, -0.2) is 36.1 Å². The van der Waals surface area contributed by atoms with Gasteiger partial charge in [0, 0.05) is 20.0 Å². The fourth-order valence-corrected chi connectivity index (χ4v) is 2.42. The van der Waals surface area contributed by atoms with Crippen LogP contribution in [0, 0.1) is 17.8 Å². The minimum Gasteiger partial charge on any atom is -0.395 e. The summed E-state index contributed by atoms with van der Waals surface area (Å²) in [5, 5.41) is 8.63. The molecule has 0 unspecified atom stereocenters. The van der Waals surface area contributed by atoms with Crippen LogP contribution in [0.3, 0.4) is 0 Å². The smallest absolute Gasteiger partial charge is 0.263 e. The molecule has 0 spiro atoms. The monoisotopic (exact) mass is 265 g/mol. The summed E-state index contributed by atoms with van der Waals surface area (Å²) in [7, 11) is 1.82. The number of carbonyl (C=O) groups excluding carboxylic acids is 1. The van der Waals surface area contributed by atoms with Gasteiger partial charge in [0.15, 0.2) is 0 Å². The summed E-state index contributed by atoms with van der Waals surface area (Å²) in [6, 6.07) is 3.66. The maximum absolute atomic E-state index is 12.1. The molecule has 1 N–H and O–H groups in total. The average Bonchev–Trinajstić information content (AvgIpc) is 2.76. The van der Waals surface area contributed by atoms with Crippen molar-refractivity contribution in [1.29, 1.82) is 0 Å². The molecule has 98 valence electrons.